The molecule has 0 unspecified atom stereocenters. The summed E-state index contributed by atoms with van der Waals surface area (Å²) in [7, 11) is 0. The van der Waals surface area contributed by atoms with Crippen molar-refractivity contribution in [1.82, 2.24) is 15.0 Å². The zero-order valence-electron chi connectivity index (χ0n) is 21.3. The lowest BCUT2D eigenvalue weighted by molar-refractivity contribution is -0.158. The van der Waals surface area contributed by atoms with Gasteiger partial charge in [0.15, 0.2) is 5.79 Å². The number of para-hydroxylation sites is 1. The Morgan fingerprint density at radius 1 is 1.11 bits per heavy atom. The molecule has 3 aromatic heterocycles. The van der Waals surface area contributed by atoms with Gasteiger partial charge in [0.25, 0.3) is 0 Å². The lowest BCUT2D eigenvalue weighted by atomic mass is 10.1. The number of anilines is 2. The van der Waals surface area contributed by atoms with Gasteiger partial charge in [-0.05, 0) is 63.3 Å². The number of aliphatic hydroxyl groups excluding tert-OH is 1. The molecule has 0 amide bonds. The number of hydrogen-bond donors (Lipinski definition) is 3. The van der Waals surface area contributed by atoms with Crippen molar-refractivity contribution in [2.75, 3.05) is 17.2 Å². The fraction of sp³-hybridized carbons (Fsp3) is 0.444. The molecule has 1 aromatic carbocycles. The highest BCUT2D eigenvalue weighted by Gasteiger charge is 2.54. The molecule has 1 aliphatic heterocycles. The minimum Gasteiger partial charge on any atom is -0.396 e. The summed E-state index contributed by atoms with van der Waals surface area (Å²) < 4.78 is 13.6. The van der Waals surface area contributed by atoms with Crippen LogP contribution < -0.4 is 10.6 Å². The summed E-state index contributed by atoms with van der Waals surface area (Å²) in [4.78, 5) is 15.9. The molecule has 4 aromatic rings. The SMILES string of the molecule is Cc1csc(CNc2nc(C)c(-c3nc4ccccc4s3)c(N[C@@H]3C[C@H](CO)[C@H]4OC(C)(C)O[C@H]43)n2)c1. The van der Waals surface area contributed by atoms with Crippen LogP contribution in [0.25, 0.3) is 20.8 Å². The number of aliphatic hydroxyl groups is 1. The summed E-state index contributed by atoms with van der Waals surface area (Å²) in [6.45, 7) is 8.66. The topological polar surface area (TPSA) is 101 Å². The van der Waals surface area contributed by atoms with Gasteiger partial charge in [-0.2, -0.15) is 4.98 Å². The molecule has 8 nitrogen and oxygen atoms in total. The molecule has 1 aliphatic carbocycles. The fourth-order valence-electron chi connectivity index (χ4n) is 5.32. The van der Waals surface area contributed by atoms with Crippen molar-refractivity contribution in [2.45, 2.75) is 64.7 Å². The van der Waals surface area contributed by atoms with E-state index in [0.717, 1.165) is 32.9 Å². The highest BCUT2D eigenvalue weighted by Crippen LogP contribution is 2.44. The van der Waals surface area contributed by atoms with Crippen molar-refractivity contribution >= 4 is 44.7 Å². The first-order chi connectivity index (χ1) is 17.8. The molecule has 194 valence electrons. The third-order valence-electron chi connectivity index (χ3n) is 6.94. The Labute approximate surface area is 224 Å². The lowest BCUT2D eigenvalue weighted by Gasteiger charge is -2.25. The van der Waals surface area contributed by atoms with Crippen molar-refractivity contribution in [2.24, 2.45) is 5.92 Å². The third kappa shape index (κ3) is 4.84. The van der Waals surface area contributed by atoms with Gasteiger partial charge in [0, 0.05) is 17.4 Å². The molecule has 1 saturated carbocycles. The average Bonchev–Trinajstić information content (AvgIpc) is 3.60. The summed E-state index contributed by atoms with van der Waals surface area (Å²) in [5.41, 5.74) is 3.95. The molecule has 1 saturated heterocycles. The van der Waals surface area contributed by atoms with Crippen LogP contribution in [0, 0.1) is 19.8 Å². The number of thiazole rings is 1. The molecule has 4 heterocycles. The van der Waals surface area contributed by atoms with E-state index in [-0.39, 0.29) is 30.8 Å². The van der Waals surface area contributed by atoms with E-state index in [0.29, 0.717) is 18.3 Å². The molecule has 6 rings (SSSR count). The van der Waals surface area contributed by atoms with Crippen molar-refractivity contribution < 1.29 is 14.6 Å². The number of nitrogens with one attached hydrogen (secondary N) is 2. The van der Waals surface area contributed by atoms with E-state index in [1.54, 1.807) is 22.7 Å². The number of aromatic nitrogens is 3. The Kier molecular flexibility index (Phi) is 6.40. The zero-order valence-corrected chi connectivity index (χ0v) is 22.9. The van der Waals surface area contributed by atoms with Gasteiger partial charge >= 0.3 is 0 Å². The molecule has 0 spiro atoms. The fourth-order valence-corrected chi connectivity index (χ4v) is 7.20. The normalized spacial score (nSPS) is 24.5. The first-order valence-corrected chi connectivity index (χ1v) is 14.2. The Morgan fingerprint density at radius 2 is 1.92 bits per heavy atom. The molecule has 37 heavy (non-hydrogen) atoms. The van der Waals surface area contributed by atoms with Crippen LogP contribution in [-0.4, -0.2) is 50.7 Å². The van der Waals surface area contributed by atoms with Gasteiger partial charge in [0.05, 0.1) is 40.2 Å². The van der Waals surface area contributed by atoms with Gasteiger partial charge in [0.2, 0.25) is 5.95 Å². The molecular weight excluding hydrogens is 506 g/mol. The Balaban J connectivity index is 1.37. The van der Waals surface area contributed by atoms with Crippen molar-refractivity contribution in [3.05, 3.63) is 51.8 Å². The molecule has 2 fully saturated rings. The molecule has 2 aliphatic rings. The van der Waals surface area contributed by atoms with E-state index in [4.69, 9.17) is 24.4 Å². The highest BCUT2D eigenvalue weighted by atomic mass is 32.1. The Bertz CT molecular complexity index is 1400. The van der Waals surface area contributed by atoms with E-state index >= 15 is 0 Å². The van der Waals surface area contributed by atoms with Gasteiger partial charge in [-0.15, -0.1) is 22.7 Å². The molecule has 4 atom stereocenters. The number of benzene rings is 1. The van der Waals surface area contributed by atoms with Crippen LogP contribution >= 0.6 is 22.7 Å². The molecule has 3 N–H and O–H groups in total. The van der Waals surface area contributed by atoms with Gasteiger partial charge in [0.1, 0.15) is 16.9 Å². The largest absolute Gasteiger partial charge is 0.396 e. The third-order valence-corrected chi connectivity index (χ3v) is 9.05. The van der Waals surface area contributed by atoms with Crippen molar-refractivity contribution in [3.8, 4) is 10.6 Å². The van der Waals surface area contributed by atoms with Crippen molar-refractivity contribution in [1.29, 1.82) is 0 Å². The number of fused-ring (bicyclic) bond motifs is 2. The van der Waals surface area contributed by atoms with E-state index < -0.39 is 5.79 Å². The van der Waals surface area contributed by atoms with E-state index in [9.17, 15) is 5.11 Å². The maximum atomic E-state index is 10.0. The Hall–Kier alpha value is -2.63. The predicted octanol–water partition coefficient (Wildman–Crippen LogP) is 5.36. The van der Waals surface area contributed by atoms with E-state index in [1.165, 1.54) is 10.4 Å². The minimum atomic E-state index is -0.688. The number of hydrogen-bond acceptors (Lipinski definition) is 10. The van der Waals surface area contributed by atoms with Crippen LogP contribution in [0.2, 0.25) is 0 Å². The van der Waals surface area contributed by atoms with Crippen LogP contribution in [0.4, 0.5) is 11.8 Å². The Morgan fingerprint density at radius 3 is 2.68 bits per heavy atom. The zero-order chi connectivity index (χ0) is 25.7. The number of rotatable bonds is 7. The number of thiophene rings is 1. The van der Waals surface area contributed by atoms with Crippen molar-refractivity contribution in [3.63, 3.8) is 0 Å². The second-order valence-corrected chi connectivity index (χ2v) is 12.3. The van der Waals surface area contributed by atoms with Gasteiger partial charge < -0.3 is 25.2 Å². The molecule has 0 radical (unpaired) electrons. The predicted molar refractivity (Wildman–Crippen MR) is 148 cm³/mol. The number of aryl methyl sites for hydroxylation is 2. The summed E-state index contributed by atoms with van der Waals surface area (Å²) in [5.74, 6) is 0.587. The number of nitrogens with zero attached hydrogens (tertiary/aromatic N) is 3. The number of ether oxygens (including phenoxy) is 2. The van der Waals surface area contributed by atoms with Crippen LogP contribution in [0.3, 0.4) is 0 Å². The summed E-state index contributed by atoms with van der Waals surface area (Å²) >= 11 is 3.36. The van der Waals surface area contributed by atoms with Crippen LogP contribution in [0.15, 0.2) is 35.7 Å². The van der Waals surface area contributed by atoms with E-state index in [2.05, 4.69) is 35.1 Å². The molecule has 0 bridgehead atoms. The van der Waals surface area contributed by atoms with E-state index in [1.807, 2.05) is 39.0 Å². The quantitative estimate of drug-likeness (QED) is 0.290. The smallest absolute Gasteiger partial charge is 0.225 e. The standard InChI is InChI=1S/C27H31N5O3S2/c1-14-9-17(36-13-14)11-28-26-29-15(2)21(25-31-18-7-5-6-8-20(18)37-25)24(32-26)30-19-10-16(12-33)22-23(19)35-27(3,4)34-22/h5-9,13,16,19,22-23,33H,10-12H2,1-4H3,(H2,28,29,30,32)/t16-,19-,22-,23+/m1/s1. The maximum absolute atomic E-state index is 10.0. The first-order valence-electron chi connectivity index (χ1n) is 12.5. The summed E-state index contributed by atoms with van der Waals surface area (Å²) in [5, 5.41) is 20.1. The van der Waals surface area contributed by atoms with Gasteiger partial charge in [-0.1, -0.05) is 12.1 Å². The van der Waals surface area contributed by atoms with Crippen LogP contribution in [0.5, 0.6) is 0 Å². The monoisotopic (exact) mass is 537 g/mol. The lowest BCUT2D eigenvalue weighted by Crippen LogP contribution is -2.35. The first kappa shape index (κ1) is 24.7. The molecule has 10 heteroatoms. The van der Waals surface area contributed by atoms with Gasteiger partial charge in [-0.3, -0.25) is 0 Å². The second-order valence-electron chi connectivity index (χ2n) is 10.3. The maximum Gasteiger partial charge on any atom is 0.225 e. The second kappa shape index (κ2) is 9.59. The molecular formula is C27H31N5O3S2. The highest BCUT2D eigenvalue weighted by molar-refractivity contribution is 7.21. The average molecular weight is 538 g/mol. The minimum absolute atomic E-state index is 0.00206. The van der Waals surface area contributed by atoms with Crippen LogP contribution in [-0.2, 0) is 16.0 Å². The summed E-state index contributed by atoms with van der Waals surface area (Å²) in [6, 6.07) is 10.2. The van der Waals surface area contributed by atoms with Gasteiger partial charge in [-0.25, -0.2) is 9.97 Å². The summed E-state index contributed by atoms with van der Waals surface area (Å²) in [6.07, 6.45) is 0.378. The van der Waals surface area contributed by atoms with Crippen LogP contribution in [0.1, 0.15) is 36.4 Å².